The molecule has 0 aliphatic carbocycles. The van der Waals surface area contributed by atoms with Gasteiger partial charge in [-0.2, -0.15) is 0 Å². The first-order chi connectivity index (χ1) is 8.22. The molecule has 0 saturated carbocycles. The lowest BCUT2D eigenvalue weighted by molar-refractivity contribution is 0.0820. The number of hydrogen-bond acceptors (Lipinski definition) is 2. The van der Waals surface area contributed by atoms with E-state index >= 15 is 0 Å². The summed E-state index contributed by atoms with van der Waals surface area (Å²) in [5, 5.41) is 0.672. The normalized spacial score (nSPS) is 21.4. The standard InChI is InChI=1S/C13H17BrFNO/c1-10-9-16(6-3-7-17-10)13-11(8-14)4-2-5-12(13)15/h2,4-5,10H,3,6-9H2,1H3. The van der Waals surface area contributed by atoms with E-state index in [2.05, 4.69) is 20.8 Å². The third kappa shape index (κ3) is 2.99. The van der Waals surface area contributed by atoms with Gasteiger partial charge in [-0.1, -0.05) is 28.1 Å². The second kappa shape index (κ2) is 5.83. The Bertz CT molecular complexity index is 386. The molecule has 1 atom stereocenters. The summed E-state index contributed by atoms with van der Waals surface area (Å²) in [5.74, 6) is -0.143. The molecule has 1 unspecified atom stereocenters. The summed E-state index contributed by atoms with van der Waals surface area (Å²) in [4.78, 5) is 2.10. The quantitative estimate of drug-likeness (QED) is 0.777. The lowest BCUT2D eigenvalue weighted by atomic mass is 10.1. The summed E-state index contributed by atoms with van der Waals surface area (Å²) in [7, 11) is 0. The van der Waals surface area contributed by atoms with Crippen LogP contribution >= 0.6 is 15.9 Å². The van der Waals surface area contributed by atoms with Gasteiger partial charge in [0.2, 0.25) is 0 Å². The topological polar surface area (TPSA) is 12.5 Å². The summed E-state index contributed by atoms with van der Waals surface area (Å²) in [6.07, 6.45) is 1.10. The minimum absolute atomic E-state index is 0.143. The zero-order valence-corrected chi connectivity index (χ0v) is 11.5. The zero-order valence-electron chi connectivity index (χ0n) is 9.96. The van der Waals surface area contributed by atoms with Crippen molar-refractivity contribution in [2.24, 2.45) is 0 Å². The third-order valence-corrected chi connectivity index (χ3v) is 3.59. The first-order valence-corrected chi connectivity index (χ1v) is 7.04. The van der Waals surface area contributed by atoms with E-state index in [1.807, 2.05) is 13.0 Å². The molecule has 1 fully saturated rings. The van der Waals surface area contributed by atoms with Gasteiger partial charge >= 0.3 is 0 Å². The van der Waals surface area contributed by atoms with Crippen LogP contribution in [-0.4, -0.2) is 25.8 Å². The van der Waals surface area contributed by atoms with Crippen LogP contribution in [0.1, 0.15) is 18.9 Å². The van der Waals surface area contributed by atoms with Crippen LogP contribution in [0.15, 0.2) is 18.2 Å². The number of anilines is 1. The van der Waals surface area contributed by atoms with Gasteiger partial charge in [0.1, 0.15) is 5.82 Å². The first-order valence-electron chi connectivity index (χ1n) is 5.92. The maximum absolute atomic E-state index is 14.0. The minimum atomic E-state index is -0.143. The molecule has 0 bridgehead atoms. The molecule has 2 rings (SSSR count). The van der Waals surface area contributed by atoms with Crippen LogP contribution in [0.4, 0.5) is 10.1 Å². The average molecular weight is 302 g/mol. The summed E-state index contributed by atoms with van der Waals surface area (Å²) in [6, 6.07) is 5.24. The monoisotopic (exact) mass is 301 g/mol. The molecule has 17 heavy (non-hydrogen) atoms. The van der Waals surface area contributed by atoms with Crippen molar-refractivity contribution in [2.45, 2.75) is 24.8 Å². The van der Waals surface area contributed by atoms with Gasteiger partial charge < -0.3 is 9.64 Å². The van der Waals surface area contributed by atoms with Crippen LogP contribution in [0.2, 0.25) is 0 Å². The molecule has 0 aromatic heterocycles. The number of hydrogen-bond donors (Lipinski definition) is 0. The van der Waals surface area contributed by atoms with Crippen molar-refractivity contribution in [3.8, 4) is 0 Å². The van der Waals surface area contributed by atoms with Gasteiger partial charge in [-0.25, -0.2) is 4.39 Å². The SMILES string of the molecule is CC1CN(c2c(F)cccc2CBr)CCCO1. The van der Waals surface area contributed by atoms with Crippen LogP contribution < -0.4 is 4.90 Å². The highest BCUT2D eigenvalue weighted by Gasteiger charge is 2.20. The number of ether oxygens (including phenoxy) is 1. The van der Waals surface area contributed by atoms with E-state index in [0.29, 0.717) is 5.33 Å². The van der Waals surface area contributed by atoms with Gasteiger partial charge in [0, 0.05) is 25.0 Å². The largest absolute Gasteiger partial charge is 0.377 e. The summed E-state index contributed by atoms with van der Waals surface area (Å²) in [5.41, 5.74) is 1.72. The number of nitrogens with zero attached hydrogens (tertiary/aromatic N) is 1. The predicted octanol–water partition coefficient (Wildman–Crippen LogP) is 3.34. The number of halogens is 2. The molecule has 4 heteroatoms. The summed E-state index contributed by atoms with van der Waals surface area (Å²) >= 11 is 3.42. The lowest BCUT2D eigenvalue weighted by Crippen LogP contribution is -2.31. The van der Waals surface area contributed by atoms with Gasteiger partial charge in [0.15, 0.2) is 0 Å². The fourth-order valence-electron chi connectivity index (χ4n) is 2.22. The van der Waals surface area contributed by atoms with E-state index in [-0.39, 0.29) is 11.9 Å². The minimum Gasteiger partial charge on any atom is -0.377 e. The van der Waals surface area contributed by atoms with Crippen molar-refractivity contribution in [3.05, 3.63) is 29.6 Å². The van der Waals surface area contributed by atoms with Gasteiger partial charge in [0.25, 0.3) is 0 Å². The highest BCUT2D eigenvalue weighted by Crippen LogP contribution is 2.27. The van der Waals surface area contributed by atoms with E-state index in [4.69, 9.17) is 4.74 Å². The van der Waals surface area contributed by atoms with Crippen molar-refractivity contribution < 1.29 is 9.13 Å². The molecular formula is C13H17BrFNO. The fourth-order valence-corrected chi connectivity index (χ4v) is 2.67. The molecule has 0 spiro atoms. The van der Waals surface area contributed by atoms with Gasteiger partial charge in [0.05, 0.1) is 11.8 Å². The van der Waals surface area contributed by atoms with Crippen molar-refractivity contribution in [1.82, 2.24) is 0 Å². The second-order valence-electron chi connectivity index (χ2n) is 4.36. The number of alkyl halides is 1. The molecule has 94 valence electrons. The summed E-state index contributed by atoms with van der Waals surface area (Å²) in [6.45, 7) is 4.40. The predicted molar refractivity (Wildman–Crippen MR) is 71.3 cm³/mol. The smallest absolute Gasteiger partial charge is 0.146 e. The molecule has 0 amide bonds. The van der Waals surface area contributed by atoms with Crippen LogP contribution in [-0.2, 0) is 10.1 Å². The second-order valence-corrected chi connectivity index (χ2v) is 4.92. The molecule has 2 nitrogen and oxygen atoms in total. The highest BCUT2D eigenvalue weighted by molar-refractivity contribution is 9.08. The van der Waals surface area contributed by atoms with Crippen molar-refractivity contribution in [2.75, 3.05) is 24.6 Å². The summed E-state index contributed by atoms with van der Waals surface area (Å²) < 4.78 is 19.6. The Morgan fingerprint density at radius 2 is 2.35 bits per heavy atom. The number of para-hydroxylation sites is 1. The Balaban J connectivity index is 2.31. The Labute approximate surface area is 110 Å². The molecular weight excluding hydrogens is 285 g/mol. The molecule has 1 aliphatic heterocycles. The van der Waals surface area contributed by atoms with E-state index < -0.39 is 0 Å². The number of benzene rings is 1. The van der Waals surface area contributed by atoms with Crippen molar-refractivity contribution >= 4 is 21.6 Å². The zero-order chi connectivity index (χ0) is 12.3. The van der Waals surface area contributed by atoms with E-state index in [0.717, 1.165) is 37.4 Å². The van der Waals surface area contributed by atoms with Crippen molar-refractivity contribution in [3.63, 3.8) is 0 Å². The maximum Gasteiger partial charge on any atom is 0.146 e. The van der Waals surface area contributed by atoms with Crippen LogP contribution in [0, 0.1) is 5.82 Å². The average Bonchev–Trinajstić information content (AvgIpc) is 2.53. The fraction of sp³-hybridized carbons (Fsp3) is 0.538. The molecule has 1 aromatic carbocycles. The number of rotatable bonds is 2. The van der Waals surface area contributed by atoms with E-state index in [1.165, 1.54) is 6.07 Å². The Morgan fingerprint density at radius 1 is 1.53 bits per heavy atom. The van der Waals surface area contributed by atoms with Gasteiger partial charge in [-0.3, -0.25) is 0 Å². The Hall–Kier alpha value is -0.610. The van der Waals surface area contributed by atoms with Gasteiger partial charge in [-0.15, -0.1) is 0 Å². The first kappa shape index (κ1) is 12.8. The molecule has 0 N–H and O–H groups in total. The third-order valence-electron chi connectivity index (χ3n) is 2.98. The van der Waals surface area contributed by atoms with E-state index in [1.54, 1.807) is 6.07 Å². The molecule has 1 heterocycles. The van der Waals surface area contributed by atoms with Gasteiger partial charge in [-0.05, 0) is 25.0 Å². The van der Waals surface area contributed by atoms with Crippen LogP contribution in [0.25, 0.3) is 0 Å². The maximum atomic E-state index is 14.0. The molecule has 0 radical (unpaired) electrons. The van der Waals surface area contributed by atoms with E-state index in [9.17, 15) is 4.39 Å². The molecule has 1 saturated heterocycles. The Morgan fingerprint density at radius 3 is 3.12 bits per heavy atom. The molecule has 1 aromatic rings. The highest BCUT2D eigenvalue weighted by atomic mass is 79.9. The lowest BCUT2D eigenvalue weighted by Gasteiger charge is -2.26. The van der Waals surface area contributed by atoms with Crippen LogP contribution in [0.5, 0.6) is 0 Å². The van der Waals surface area contributed by atoms with Crippen molar-refractivity contribution in [1.29, 1.82) is 0 Å². The van der Waals surface area contributed by atoms with Crippen LogP contribution in [0.3, 0.4) is 0 Å². The Kier molecular flexibility index (Phi) is 4.40. The molecule has 1 aliphatic rings.